The summed E-state index contributed by atoms with van der Waals surface area (Å²) in [4.78, 5) is 0.678. The minimum atomic E-state index is -2.92. The summed E-state index contributed by atoms with van der Waals surface area (Å²) in [5.41, 5.74) is 1.86. The Hall–Kier alpha value is -1.81. The van der Waals surface area contributed by atoms with Gasteiger partial charge in [-0.05, 0) is 13.3 Å². The fourth-order valence-electron chi connectivity index (χ4n) is 2.67. The number of rotatable bonds is 2. The lowest BCUT2D eigenvalue weighted by Crippen LogP contribution is -2.04. The number of nitrogens with zero attached hydrogens (tertiary/aromatic N) is 6. The van der Waals surface area contributed by atoms with Crippen molar-refractivity contribution in [2.45, 2.75) is 19.3 Å². The molecule has 0 N–H and O–H groups in total. The molecule has 0 aliphatic carbocycles. The van der Waals surface area contributed by atoms with Crippen molar-refractivity contribution in [3.63, 3.8) is 0 Å². The highest BCUT2D eigenvalue weighted by atomic mass is 32.2. The SMILES string of the molecule is Cc1c(-c2nnc3sc([C@@H]4CCS(=O)(=O)C4)nn23)cnn1C. The summed E-state index contributed by atoms with van der Waals surface area (Å²) in [5.74, 6) is 1.04. The minimum Gasteiger partial charge on any atom is -0.272 e. The third kappa shape index (κ3) is 2.05. The second kappa shape index (κ2) is 4.59. The van der Waals surface area contributed by atoms with Crippen LogP contribution < -0.4 is 0 Å². The topological polar surface area (TPSA) is 95.0 Å². The average Bonchev–Trinajstić information content (AvgIpc) is 3.17. The maximum atomic E-state index is 11.6. The Morgan fingerprint density at radius 3 is 2.82 bits per heavy atom. The molecule has 4 heterocycles. The quantitative estimate of drug-likeness (QED) is 0.686. The van der Waals surface area contributed by atoms with E-state index in [0.717, 1.165) is 16.3 Å². The second-order valence-corrected chi connectivity index (χ2v) is 8.74. The zero-order valence-corrected chi connectivity index (χ0v) is 13.7. The maximum absolute atomic E-state index is 11.6. The summed E-state index contributed by atoms with van der Waals surface area (Å²) in [6.07, 6.45) is 2.37. The lowest BCUT2D eigenvalue weighted by molar-refractivity contribution is 0.601. The van der Waals surface area contributed by atoms with Gasteiger partial charge in [0.2, 0.25) is 4.96 Å². The molecule has 1 saturated heterocycles. The Morgan fingerprint density at radius 1 is 1.36 bits per heavy atom. The van der Waals surface area contributed by atoms with E-state index in [4.69, 9.17) is 0 Å². The number of fused-ring (bicyclic) bond motifs is 1. The summed E-state index contributed by atoms with van der Waals surface area (Å²) < 4.78 is 26.7. The second-order valence-electron chi connectivity index (χ2n) is 5.53. The molecule has 1 aliphatic heterocycles. The standard InChI is InChI=1S/C12H14N6O2S2/c1-7-9(5-13-17(7)2)10-14-15-12-18(10)16-11(21-12)8-3-4-22(19,20)6-8/h5,8H,3-4,6H2,1-2H3/t8-/m1/s1. The molecule has 3 aromatic heterocycles. The van der Waals surface area contributed by atoms with Gasteiger partial charge in [0.1, 0.15) is 5.01 Å². The molecule has 3 aromatic rings. The van der Waals surface area contributed by atoms with Crippen LogP contribution in [-0.2, 0) is 16.9 Å². The molecule has 8 nitrogen and oxygen atoms in total. The van der Waals surface area contributed by atoms with Crippen LogP contribution in [-0.4, -0.2) is 49.5 Å². The van der Waals surface area contributed by atoms with Gasteiger partial charge < -0.3 is 0 Å². The smallest absolute Gasteiger partial charge is 0.234 e. The summed E-state index contributed by atoms with van der Waals surface area (Å²) in [6.45, 7) is 1.96. The molecule has 0 amide bonds. The van der Waals surface area contributed by atoms with E-state index in [9.17, 15) is 8.42 Å². The first-order chi connectivity index (χ1) is 10.4. The Morgan fingerprint density at radius 2 is 2.18 bits per heavy atom. The van der Waals surface area contributed by atoms with Crippen LogP contribution in [0.25, 0.3) is 16.3 Å². The monoisotopic (exact) mass is 338 g/mol. The molecule has 1 fully saturated rings. The van der Waals surface area contributed by atoms with Gasteiger partial charge >= 0.3 is 0 Å². The molecule has 0 saturated carbocycles. The minimum absolute atomic E-state index is 0.0282. The fraction of sp³-hybridized carbons (Fsp3) is 0.500. The van der Waals surface area contributed by atoms with E-state index in [0.29, 0.717) is 17.2 Å². The number of aromatic nitrogens is 6. The molecule has 116 valence electrons. The Kier molecular flexibility index (Phi) is 2.89. The molecule has 0 spiro atoms. The van der Waals surface area contributed by atoms with E-state index < -0.39 is 9.84 Å². The highest BCUT2D eigenvalue weighted by molar-refractivity contribution is 7.91. The summed E-state index contributed by atoms with van der Waals surface area (Å²) in [6, 6.07) is 0. The van der Waals surface area contributed by atoms with Crippen molar-refractivity contribution in [1.82, 2.24) is 29.6 Å². The van der Waals surface area contributed by atoms with Gasteiger partial charge in [0.25, 0.3) is 0 Å². The molecule has 0 bridgehead atoms. The van der Waals surface area contributed by atoms with Crippen LogP contribution in [0.4, 0.5) is 0 Å². The van der Waals surface area contributed by atoms with Gasteiger partial charge in [-0.3, -0.25) is 4.68 Å². The van der Waals surface area contributed by atoms with E-state index >= 15 is 0 Å². The number of aryl methyl sites for hydroxylation is 1. The third-order valence-corrected chi connectivity index (χ3v) is 6.89. The fourth-order valence-corrected chi connectivity index (χ4v) is 5.50. The van der Waals surface area contributed by atoms with Gasteiger partial charge in [0.15, 0.2) is 15.7 Å². The Bertz CT molecular complexity index is 967. The van der Waals surface area contributed by atoms with Crippen LogP contribution in [0.3, 0.4) is 0 Å². The number of hydrogen-bond acceptors (Lipinski definition) is 7. The van der Waals surface area contributed by atoms with Crippen LogP contribution in [0.1, 0.15) is 23.0 Å². The third-order valence-electron chi connectivity index (χ3n) is 4.06. The van der Waals surface area contributed by atoms with Crippen molar-refractivity contribution < 1.29 is 8.42 Å². The van der Waals surface area contributed by atoms with Gasteiger partial charge in [-0.25, -0.2) is 8.42 Å². The van der Waals surface area contributed by atoms with E-state index in [1.165, 1.54) is 11.3 Å². The van der Waals surface area contributed by atoms with Crippen molar-refractivity contribution in [1.29, 1.82) is 0 Å². The van der Waals surface area contributed by atoms with Crippen molar-refractivity contribution in [3.8, 4) is 11.4 Å². The zero-order chi connectivity index (χ0) is 15.5. The molecular formula is C12H14N6O2S2. The molecular weight excluding hydrogens is 324 g/mol. The molecule has 1 atom stereocenters. The summed E-state index contributed by atoms with van der Waals surface area (Å²) >= 11 is 1.41. The largest absolute Gasteiger partial charge is 0.272 e. The predicted octanol–water partition coefficient (Wildman–Crippen LogP) is 0.797. The van der Waals surface area contributed by atoms with Crippen molar-refractivity contribution in [2.75, 3.05) is 11.5 Å². The van der Waals surface area contributed by atoms with Crippen LogP contribution in [0.2, 0.25) is 0 Å². The first kappa shape index (κ1) is 13.8. The van der Waals surface area contributed by atoms with Crippen molar-refractivity contribution in [2.24, 2.45) is 7.05 Å². The molecule has 0 aromatic carbocycles. The first-order valence-corrected chi connectivity index (χ1v) is 9.50. The molecule has 4 rings (SSSR count). The van der Waals surface area contributed by atoms with Crippen LogP contribution in [0.5, 0.6) is 0 Å². The van der Waals surface area contributed by atoms with Gasteiger partial charge in [0, 0.05) is 18.7 Å². The molecule has 22 heavy (non-hydrogen) atoms. The Labute approximate surface area is 130 Å². The van der Waals surface area contributed by atoms with Gasteiger partial charge in [-0.2, -0.15) is 14.7 Å². The number of sulfone groups is 1. The predicted molar refractivity (Wildman–Crippen MR) is 81.6 cm³/mol. The van der Waals surface area contributed by atoms with Crippen LogP contribution >= 0.6 is 11.3 Å². The van der Waals surface area contributed by atoms with Crippen molar-refractivity contribution >= 4 is 26.1 Å². The van der Waals surface area contributed by atoms with E-state index in [-0.39, 0.29) is 17.4 Å². The van der Waals surface area contributed by atoms with Gasteiger partial charge in [0.05, 0.1) is 23.3 Å². The van der Waals surface area contributed by atoms with Gasteiger partial charge in [-0.15, -0.1) is 10.2 Å². The molecule has 1 aliphatic rings. The van der Waals surface area contributed by atoms with Crippen LogP contribution in [0.15, 0.2) is 6.20 Å². The molecule has 0 radical (unpaired) electrons. The highest BCUT2D eigenvalue weighted by Crippen LogP contribution is 2.33. The number of hydrogen-bond donors (Lipinski definition) is 0. The summed E-state index contributed by atoms with van der Waals surface area (Å²) in [7, 11) is -1.05. The lowest BCUT2D eigenvalue weighted by Gasteiger charge is -2.00. The van der Waals surface area contributed by atoms with E-state index in [1.54, 1.807) is 15.4 Å². The normalized spacial score (nSPS) is 20.9. The first-order valence-electron chi connectivity index (χ1n) is 6.86. The highest BCUT2D eigenvalue weighted by Gasteiger charge is 2.32. The summed E-state index contributed by atoms with van der Waals surface area (Å²) in [5, 5.41) is 17.9. The maximum Gasteiger partial charge on any atom is 0.234 e. The van der Waals surface area contributed by atoms with E-state index in [2.05, 4.69) is 20.4 Å². The van der Waals surface area contributed by atoms with E-state index in [1.807, 2.05) is 14.0 Å². The van der Waals surface area contributed by atoms with Crippen LogP contribution in [0, 0.1) is 6.92 Å². The van der Waals surface area contributed by atoms with Gasteiger partial charge in [-0.1, -0.05) is 11.3 Å². The average molecular weight is 338 g/mol. The lowest BCUT2D eigenvalue weighted by atomic mass is 10.1. The zero-order valence-electron chi connectivity index (χ0n) is 12.1. The molecule has 0 unspecified atom stereocenters. The van der Waals surface area contributed by atoms with Crippen molar-refractivity contribution in [3.05, 3.63) is 16.9 Å². The molecule has 10 heteroatoms. The Balaban J connectivity index is 1.78.